The minimum atomic E-state index is -0.910. The zero-order valence-electron chi connectivity index (χ0n) is 11.3. The Hall–Kier alpha value is -1.45. The van der Waals surface area contributed by atoms with Crippen molar-refractivity contribution in [1.29, 1.82) is 0 Å². The Morgan fingerprint density at radius 2 is 2.11 bits per heavy atom. The number of hydrogen-bond donors (Lipinski definition) is 1. The fourth-order valence-electron chi connectivity index (χ4n) is 2.67. The third-order valence-corrected chi connectivity index (χ3v) is 3.68. The highest BCUT2D eigenvalue weighted by atomic mass is 19.2. The highest BCUT2D eigenvalue weighted by molar-refractivity contribution is 5.78. The van der Waals surface area contributed by atoms with E-state index in [0.29, 0.717) is 5.56 Å². The molecule has 104 valence electrons. The number of rotatable bonds is 3. The Bertz CT molecular complexity index is 485. The van der Waals surface area contributed by atoms with Gasteiger partial charge >= 0.3 is 0 Å². The van der Waals surface area contributed by atoms with Crippen LogP contribution in [0.2, 0.25) is 0 Å². The van der Waals surface area contributed by atoms with Gasteiger partial charge in [-0.3, -0.25) is 4.79 Å². The van der Waals surface area contributed by atoms with E-state index >= 15 is 0 Å². The first-order chi connectivity index (χ1) is 8.85. The average Bonchev–Trinajstić information content (AvgIpc) is 2.63. The molecule has 0 aliphatic heterocycles. The molecule has 4 heteroatoms. The Morgan fingerprint density at radius 1 is 1.37 bits per heavy atom. The summed E-state index contributed by atoms with van der Waals surface area (Å²) in [4.78, 5) is 11.8. The van der Waals surface area contributed by atoms with Gasteiger partial charge in [0.05, 0.1) is 6.42 Å². The zero-order chi connectivity index (χ0) is 14.0. The molecule has 1 saturated carbocycles. The summed E-state index contributed by atoms with van der Waals surface area (Å²) in [5, 5.41) is 2.96. The van der Waals surface area contributed by atoms with Crippen LogP contribution in [-0.2, 0) is 11.2 Å². The number of halogens is 2. The van der Waals surface area contributed by atoms with Crippen LogP contribution in [0.5, 0.6) is 0 Å². The fraction of sp³-hybridized carbons (Fsp3) is 0.533. The lowest BCUT2D eigenvalue weighted by atomic mass is 9.92. The lowest BCUT2D eigenvalue weighted by Crippen LogP contribution is -2.34. The van der Waals surface area contributed by atoms with E-state index in [1.165, 1.54) is 6.07 Å². The van der Waals surface area contributed by atoms with Gasteiger partial charge in [0.2, 0.25) is 5.91 Å². The molecule has 1 aromatic rings. The zero-order valence-corrected chi connectivity index (χ0v) is 11.3. The number of carbonyl (C=O) groups is 1. The van der Waals surface area contributed by atoms with Gasteiger partial charge in [0.25, 0.3) is 0 Å². The SMILES string of the molecule is CC1(C)CCC(NC(=O)Cc2ccc(F)c(F)c2)C1. The van der Waals surface area contributed by atoms with Crippen LogP contribution in [0.3, 0.4) is 0 Å². The molecule has 2 nitrogen and oxygen atoms in total. The lowest BCUT2D eigenvalue weighted by Gasteiger charge is -2.17. The van der Waals surface area contributed by atoms with E-state index in [-0.39, 0.29) is 23.8 Å². The van der Waals surface area contributed by atoms with Crippen LogP contribution in [0, 0.1) is 17.0 Å². The van der Waals surface area contributed by atoms with Gasteiger partial charge in [-0.15, -0.1) is 0 Å². The molecule has 0 heterocycles. The maximum absolute atomic E-state index is 13.0. The van der Waals surface area contributed by atoms with Gasteiger partial charge in [0, 0.05) is 6.04 Å². The molecule has 0 aromatic heterocycles. The smallest absolute Gasteiger partial charge is 0.224 e. The molecule has 1 N–H and O–H groups in total. The van der Waals surface area contributed by atoms with Crippen molar-refractivity contribution in [3.8, 4) is 0 Å². The summed E-state index contributed by atoms with van der Waals surface area (Å²) in [6, 6.07) is 3.77. The molecule has 1 unspecified atom stereocenters. The molecule has 2 rings (SSSR count). The van der Waals surface area contributed by atoms with Crippen LogP contribution in [0.25, 0.3) is 0 Å². The van der Waals surface area contributed by atoms with E-state index in [2.05, 4.69) is 19.2 Å². The molecule has 0 radical (unpaired) electrons. The van der Waals surface area contributed by atoms with Crippen molar-refractivity contribution in [2.24, 2.45) is 5.41 Å². The number of carbonyl (C=O) groups excluding carboxylic acids is 1. The summed E-state index contributed by atoms with van der Waals surface area (Å²) in [5.74, 6) is -1.93. The van der Waals surface area contributed by atoms with E-state index in [0.717, 1.165) is 31.4 Å². The van der Waals surface area contributed by atoms with Crippen LogP contribution in [0.4, 0.5) is 8.78 Å². The third kappa shape index (κ3) is 3.75. The number of hydrogen-bond acceptors (Lipinski definition) is 1. The second-order valence-electron chi connectivity index (χ2n) is 6.10. The first kappa shape index (κ1) is 14.0. The van der Waals surface area contributed by atoms with Crippen molar-refractivity contribution in [2.45, 2.75) is 45.6 Å². The molecule has 19 heavy (non-hydrogen) atoms. The predicted molar refractivity (Wildman–Crippen MR) is 69.6 cm³/mol. The molecule has 0 spiro atoms. The summed E-state index contributed by atoms with van der Waals surface area (Å²) < 4.78 is 25.8. The van der Waals surface area contributed by atoms with Gasteiger partial charge in [-0.2, -0.15) is 0 Å². The number of amides is 1. The van der Waals surface area contributed by atoms with Crippen LogP contribution in [0.15, 0.2) is 18.2 Å². The summed E-state index contributed by atoms with van der Waals surface area (Å²) in [5.41, 5.74) is 0.772. The number of benzene rings is 1. The van der Waals surface area contributed by atoms with Gasteiger partial charge in [0.1, 0.15) is 0 Å². The highest BCUT2D eigenvalue weighted by Crippen LogP contribution is 2.36. The monoisotopic (exact) mass is 267 g/mol. The Labute approximate surface area is 112 Å². The van der Waals surface area contributed by atoms with Crippen molar-refractivity contribution in [3.63, 3.8) is 0 Å². The summed E-state index contributed by atoms with van der Waals surface area (Å²) >= 11 is 0. The number of nitrogens with one attached hydrogen (secondary N) is 1. The summed E-state index contributed by atoms with van der Waals surface area (Å²) in [7, 11) is 0. The molecule has 0 bridgehead atoms. The maximum Gasteiger partial charge on any atom is 0.224 e. The second-order valence-corrected chi connectivity index (χ2v) is 6.10. The third-order valence-electron chi connectivity index (χ3n) is 3.68. The predicted octanol–water partition coefficient (Wildman–Crippen LogP) is 3.20. The lowest BCUT2D eigenvalue weighted by molar-refractivity contribution is -0.121. The van der Waals surface area contributed by atoms with Crippen molar-refractivity contribution < 1.29 is 13.6 Å². The Kier molecular flexibility index (Phi) is 3.88. The molecular weight excluding hydrogens is 248 g/mol. The quantitative estimate of drug-likeness (QED) is 0.895. The Morgan fingerprint density at radius 3 is 2.68 bits per heavy atom. The van der Waals surface area contributed by atoms with Crippen LogP contribution in [-0.4, -0.2) is 11.9 Å². The van der Waals surface area contributed by atoms with Gasteiger partial charge in [-0.25, -0.2) is 8.78 Å². The normalized spacial score (nSPS) is 21.4. The molecule has 1 amide bonds. The fourth-order valence-corrected chi connectivity index (χ4v) is 2.67. The molecule has 1 fully saturated rings. The van der Waals surface area contributed by atoms with E-state index < -0.39 is 11.6 Å². The maximum atomic E-state index is 13.0. The van der Waals surface area contributed by atoms with Gasteiger partial charge in [-0.05, 0) is 42.4 Å². The van der Waals surface area contributed by atoms with Crippen molar-refractivity contribution >= 4 is 5.91 Å². The average molecular weight is 267 g/mol. The van der Waals surface area contributed by atoms with E-state index in [1.807, 2.05) is 0 Å². The second kappa shape index (κ2) is 5.27. The first-order valence-electron chi connectivity index (χ1n) is 6.59. The minimum absolute atomic E-state index is 0.0914. The standard InChI is InChI=1S/C15H19F2NO/c1-15(2)6-5-11(9-15)18-14(19)8-10-3-4-12(16)13(17)7-10/h3-4,7,11H,5-6,8-9H2,1-2H3,(H,18,19). The largest absolute Gasteiger partial charge is 0.353 e. The van der Waals surface area contributed by atoms with Gasteiger partial charge < -0.3 is 5.32 Å². The highest BCUT2D eigenvalue weighted by Gasteiger charge is 2.31. The van der Waals surface area contributed by atoms with Crippen molar-refractivity contribution in [2.75, 3.05) is 0 Å². The molecule has 1 aromatic carbocycles. The molecular formula is C15H19F2NO. The van der Waals surface area contributed by atoms with Crippen LogP contribution < -0.4 is 5.32 Å². The van der Waals surface area contributed by atoms with Crippen LogP contribution >= 0.6 is 0 Å². The van der Waals surface area contributed by atoms with E-state index in [4.69, 9.17) is 0 Å². The van der Waals surface area contributed by atoms with E-state index in [1.54, 1.807) is 0 Å². The molecule has 1 atom stereocenters. The van der Waals surface area contributed by atoms with E-state index in [9.17, 15) is 13.6 Å². The van der Waals surface area contributed by atoms with Gasteiger partial charge in [0.15, 0.2) is 11.6 Å². The van der Waals surface area contributed by atoms with Crippen LogP contribution in [0.1, 0.15) is 38.7 Å². The van der Waals surface area contributed by atoms with Crippen molar-refractivity contribution in [3.05, 3.63) is 35.4 Å². The molecule has 1 aliphatic carbocycles. The first-order valence-corrected chi connectivity index (χ1v) is 6.59. The summed E-state index contributed by atoms with van der Waals surface area (Å²) in [6.07, 6.45) is 3.14. The Balaban J connectivity index is 1.89. The summed E-state index contributed by atoms with van der Waals surface area (Å²) in [6.45, 7) is 4.38. The molecule has 1 aliphatic rings. The molecule has 0 saturated heterocycles. The minimum Gasteiger partial charge on any atom is -0.353 e. The van der Waals surface area contributed by atoms with Crippen molar-refractivity contribution in [1.82, 2.24) is 5.32 Å². The topological polar surface area (TPSA) is 29.1 Å². The van der Waals surface area contributed by atoms with Gasteiger partial charge in [-0.1, -0.05) is 19.9 Å².